The summed E-state index contributed by atoms with van der Waals surface area (Å²) >= 11 is 5.26. The summed E-state index contributed by atoms with van der Waals surface area (Å²) in [7, 11) is -8.51. The van der Waals surface area contributed by atoms with Crippen LogP contribution in [-0.2, 0) is 24.8 Å². The minimum Gasteiger partial charge on any atom is -0.429 e. The molecule has 7 nitrogen and oxygen atoms in total. The van der Waals surface area contributed by atoms with Gasteiger partial charge in [0.1, 0.15) is 0 Å². The molecule has 0 spiro atoms. The Hall–Kier alpha value is -0.540. The van der Waals surface area contributed by atoms with Crippen molar-refractivity contribution in [1.82, 2.24) is 3.71 Å². The van der Waals surface area contributed by atoms with E-state index in [4.69, 9.17) is 11.6 Å². The van der Waals surface area contributed by atoms with Crippen molar-refractivity contribution < 1.29 is 26.4 Å². The lowest BCUT2D eigenvalue weighted by atomic mass is 10.8. The Bertz CT molecular complexity index is 406. The van der Waals surface area contributed by atoms with Crippen LogP contribution < -0.4 is 0 Å². The van der Waals surface area contributed by atoms with Crippen molar-refractivity contribution in [1.29, 1.82) is 0 Å². The van der Waals surface area contributed by atoms with Gasteiger partial charge < -0.3 is 4.74 Å². The van der Waals surface area contributed by atoms with Crippen molar-refractivity contribution in [2.24, 2.45) is 0 Å². The second kappa shape index (κ2) is 4.54. The number of hydrogen-bond acceptors (Lipinski definition) is 6. The van der Waals surface area contributed by atoms with Gasteiger partial charge in [-0.2, -0.15) is 0 Å². The van der Waals surface area contributed by atoms with E-state index in [9.17, 15) is 21.6 Å². The van der Waals surface area contributed by atoms with Crippen LogP contribution in [0, 0.1) is 0 Å². The quantitative estimate of drug-likeness (QED) is 0.671. The zero-order chi connectivity index (χ0) is 12.4. The van der Waals surface area contributed by atoms with E-state index in [0.717, 1.165) is 0 Å². The summed E-state index contributed by atoms with van der Waals surface area (Å²) < 4.78 is 47.9. The molecule has 0 aromatic heterocycles. The van der Waals surface area contributed by atoms with Gasteiger partial charge in [-0.05, 0) is 6.92 Å². The molecule has 1 unspecified atom stereocenters. The molecule has 0 aliphatic heterocycles. The normalized spacial score (nSPS) is 14.4. The number of sulfonamides is 2. The van der Waals surface area contributed by atoms with E-state index in [2.05, 4.69) is 4.74 Å². The monoisotopic (exact) mass is 279 g/mol. The Kier molecular flexibility index (Phi) is 4.37. The summed E-state index contributed by atoms with van der Waals surface area (Å²) in [4.78, 5) is 11.1. The predicted octanol–water partition coefficient (Wildman–Crippen LogP) is -0.0710. The molecule has 0 N–H and O–H groups in total. The Morgan fingerprint density at radius 1 is 1.20 bits per heavy atom. The Morgan fingerprint density at radius 2 is 1.53 bits per heavy atom. The number of halogens is 1. The molecule has 0 radical (unpaired) electrons. The van der Waals surface area contributed by atoms with Crippen LogP contribution in [0.5, 0.6) is 0 Å². The van der Waals surface area contributed by atoms with Gasteiger partial charge in [-0.3, -0.25) is 0 Å². The fourth-order valence-electron chi connectivity index (χ4n) is 0.699. The molecule has 0 saturated carbocycles. The highest BCUT2D eigenvalue weighted by Crippen LogP contribution is 2.10. The Balaban J connectivity index is 5.27. The number of carbonyl (C=O) groups is 1. The summed E-state index contributed by atoms with van der Waals surface area (Å²) in [5, 5.41) is 0. The first-order chi connectivity index (χ1) is 6.46. The van der Waals surface area contributed by atoms with E-state index in [0.29, 0.717) is 12.5 Å². The highest BCUT2D eigenvalue weighted by molar-refractivity contribution is 8.04. The largest absolute Gasteiger partial charge is 0.439 e. The first-order valence-corrected chi connectivity index (χ1v) is 7.64. The maximum absolute atomic E-state index is 11.1. The summed E-state index contributed by atoms with van der Waals surface area (Å²) in [5.74, 6) is 0. The topological polar surface area (TPSA) is 97.8 Å². The molecule has 0 bridgehead atoms. The summed E-state index contributed by atoms with van der Waals surface area (Å²) in [5.41, 5.74) is -1.14. The van der Waals surface area contributed by atoms with E-state index in [1.807, 2.05) is 0 Å². The van der Waals surface area contributed by atoms with Gasteiger partial charge in [-0.1, -0.05) is 15.3 Å². The predicted molar refractivity (Wildman–Crippen MR) is 53.3 cm³/mol. The highest BCUT2D eigenvalue weighted by atomic mass is 35.5. The fraction of sp³-hybridized carbons (Fsp3) is 0.800. The van der Waals surface area contributed by atoms with Crippen LogP contribution in [0.3, 0.4) is 0 Å². The maximum Gasteiger partial charge on any atom is 0.439 e. The van der Waals surface area contributed by atoms with Crippen LogP contribution >= 0.6 is 11.6 Å². The van der Waals surface area contributed by atoms with Gasteiger partial charge in [0.15, 0.2) is 5.56 Å². The number of alkyl halides is 1. The van der Waals surface area contributed by atoms with Gasteiger partial charge >= 0.3 is 6.09 Å². The van der Waals surface area contributed by atoms with Crippen LogP contribution in [0.25, 0.3) is 0 Å². The van der Waals surface area contributed by atoms with Crippen molar-refractivity contribution in [2.45, 2.75) is 12.5 Å². The molecule has 1 amide bonds. The summed E-state index contributed by atoms with van der Waals surface area (Å²) in [6, 6.07) is 0. The minimum absolute atomic E-state index is 0.362. The molecule has 0 fully saturated rings. The van der Waals surface area contributed by atoms with Crippen LogP contribution in [0.15, 0.2) is 0 Å². The first kappa shape index (κ1) is 14.5. The molecule has 0 aromatic rings. The van der Waals surface area contributed by atoms with E-state index in [1.54, 1.807) is 0 Å². The third-order valence-corrected chi connectivity index (χ3v) is 4.23. The average Bonchev–Trinajstić information content (AvgIpc) is 1.74. The standard InChI is InChI=1S/C5H10ClNO6S2/c1-4(6)13-5(8)7(14(2,9)10)15(3,11)12/h4H,1-3H3. The average molecular weight is 280 g/mol. The van der Waals surface area contributed by atoms with E-state index in [-0.39, 0.29) is 3.71 Å². The molecular weight excluding hydrogens is 270 g/mol. The van der Waals surface area contributed by atoms with Gasteiger partial charge in [0.2, 0.25) is 20.0 Å². The number of ether oxygens (including phenoxy) is 1. The van der Waals surface area contributed by atoms with Gasteiger partial charge in [0.25, 0.3) is 0 Å². The number of nitrogens with zero attached hydrogens (tertiary/aromatic N) is 1. The molecule has 0 rings (SSSR count). The van der Waals surface area contributed by atoms with Crippen molar-refractivity contribution in [3.8, 4) is 0 Å². The van der Waals surface area contributed by atoms with E-state index < -0.39 is 31.7 Å². The fourth-order valence-corrected chi connectivity index (χ4v) is 3.37. The molecule has 0 heterocycles. The molecule has 0 aliphatic carbocycles. The van der Waals surface area contributed by atoms with Crippen LogP contribution in [0.4, 0.5) is 4.79 Å². The Morgan fingerprint density at radius 3 is 1.73 bits per heavy atom. The molecule has 15 heavy (non-hydrogen) atoms. The highest BCUT2D eigenvalue weighted by Gasteiger charge is 2.34. The maximum atomic E-state index is 11.1. The second-order valence-corrected chi connectivity index (χ2v) is 7.16. The third kappa shape index (κ3) is 4.67. The molecule has 10 heteroatoms. The van der Waals surface area contributed by atoms with Crippen molar-refractivity contribution >= 4 is 37.7 Å². The molecular formula is C5H10ClNO6S2. The second-order valence-electron chi connectivity index (χ2n) is 2.65. The SMILES string of the molecule is CC(Cl)OC(=O)N(S(C)(=O)=O)S(C)(=O)=O. The molecule has 0 aliphatic rings. The number of amides is 1. The van der Waals surface area contributed by atoms with Gasteiger partial charge in [0.05, 0.1) is 12.5 Å². The van der Waals surface area contributed by atoms with E-state index in [1.165, 1.54) is 6.92 Å². The zero-order valence-corrected chi connectivity index (χ0v) is 10.6. The summed E-state index contributed by atoms with van der Waals surface area (Å²) in [6.45, 7) is 1.24. The minimum atomic E-state index is -4.26. The third-order valence-electron chi connectivity index (χ3n) is 1.01. The van der Waals surface area contributed by atoms with Crippen LogP contribution in [-0.4, -0.2) is 44.7 Å². The smallest absolute Gasteiger partial charge is 0.429 e. The number of hydrogen-bond donors (Lipinski definition) is 0. The lowest BCUT2D eigenvalue weighted by Crippen LogP contribution is -2.41. The number of carbonyl (C=O) groups excluding carboxylic acids is 1. The molecule has 0 saturated heterocycles. The van der Waals surface area contributed by atoms with Crippen LogP contribution in [0.2, 0.25) is 0 Å². The van der Waals surface area contributed by atoms with E-state index >= 15 is 0 Å². The van der Waals surface area contributed by atoms with Crippen molar-refractivity contribution in [3.05, 3.63) is 0 Å². The Labute approximate surface area is 93.1 Å². The van der Waals surface area contributed by atoms with Crippen LogP contribution in [0.1, 0.15) is 6.92 Å². The van der Waals surface area contributed by atoms with Gasteiger partial charge in [0, 0.05) is 0 Å². The zero-order valence-electron chi connectivity index (χ0n) is 8.17. The van der Waals surface area contributed by atoms with Crippen molar-refractivity contribution in [3.63, 3.8) is 0 Å². The molecule has 0 aromatic carbocycles. The first-order valence-electron chi connectivity index (χ1n) is 3.51. The summed E-state index contributed by atoms with van der Waals surface area (Å²) in [6.07, 6.45) is -0.426. The van der Waals surface area contributed by atoms with Gasteiger partial charge in [-0.25, -0.2) is 21.6 Å². The molecule has 1 atom stereocenters. The lowest BCUT2D eigenvalue weighted by Gasteiger charge is -2.17. The number of rotatable bonds is 3. The molecule has 90 valence electrons. The lowest BCUT2D eigenvalue weighted by molar-refractivity contribution is 0.132. The van der Waals surface area contributed by atoms with Crippen molar-refractivity contribution in [2.75, 3.05) is 12.5 Å². The van der Waals surface area contributed by atoms with Gasteiger partial charge in [-0.15, -0.1) is 0 Å².